The Morgan fingerprint density at radius 3 is 2.48 bits per heavy atom. The monoisotopic (exact) mass is 336 g/mol. The summed E-state index contributed by atoms with van der Waals surface area (Å²) in [6.45, 7) is 3.51. The van der Waals surface area contributed by atoms with Crippen LogP contribution in [0.5, 0.6) is 0 Å². The van der Waals surface area contributed by atoms with E-state index in [4.69, 9.17) is 0 Å². The average molecular weight is 336 g/mol. The fourth-order valence-electron chi connectivity index (χ4n) is 4.50. The highest BCUT2D eigenvalue weighted by molar-refractivity contribution is 5.86. The molecule has 0 bridgehead atoms. The molecule has 1 amide bonds. The summed E-state index contributed by atoms with van der Waals surface area (Å²) in [7, 11) is 0. The van der Waals surface area contributed by atoms with Crippen LogP contribution in [0, 0.1) is 0 Å². The number of fused-ring (bicyclic) bond motifs is 1. The van der Waals surface area contributed by atoms with E-state index in [9.17, 15) is 4.79 Å². The van der Waals surface area contributed by atoms with E-state index in [0.29, 0.717) is 18.5 Å². The molecule has 3 nitrogen and oxygen atoms in total. The van der Waals surface area contributed by atoms with E-state index in [0.717, 1.165) is 26.1 Å². The van der Waals surface area contributed by atoms with Crippen molar-refractivity contribution in [3.8, 4) is 0 Å². The van der Waals surface area contributed by atoms with E-state index in [1.807, 2.05) is 0 Å². The molecule has 4 rings (SSSR count). The molecule has 0 N–H and O–H groups in total. The zero-order valence-electron chi connectivity index (χ0n) is 15.0. The van der Waals surface area contributed by atoms with Crippen LogP contribution in [0.15, 0.2) is 42.5 Å². The van der Waals surface area contributed by atoms with Crippen molar-refractivity contribution >= 4 is 16.7 Å². The maximum absolute atomic E-state index is 12.8. The predicted molar refractivity (Wildman–Crippen MR) is 103 cm³/mol. The molecule has 2 aromatic rings. The van der Waals surface area contributed by atoms with E-state index < -0.39 is 0 Å². The van der Waals surface area contributed by atoms with Crippen molar-refractivity contribution in [1.29, 1.82) is 0 Å². The van der Waals surface area contributed by atoms with Crippen LogP contribution in [-0.4, -0.2) is 41.9 Å². The first-order chi connectivity index (χ1) is 12.3. The van der Waals surface area contributed by atoms with Crippen LogP contribution in [0.3, 0.4) is 0 Å². The van der Waals surface area contributed by atoms with Gasteiger partial charge >= 0.3 is 0 Å². The molecule has 0 spiro atoms. The van der Waals surface area contributed by atoms with Crippen molar-refractivity contribution in [2.45, 2.75) is 44.6 Å². The Labute approximate surface area is 150 Å². The Balaban J connectivity index is 1.53. The molecule has 2 saturated heterocycles. The molecule has 0 aliphatic carbocycles. The van der Waals surface area contributed by atoms with E-state index in [2.05, 4.69) is 52.3 Å². The quantitative estimate of drug-likeness (QED) is 0.830. The van der Waals surface area contributed by atoms with Crippen LogP contribution in [0.4, 0.5) is 0 Å². The third kappa shape index (κ3) is 3.57. The summed E-state index contributed by atoms with van der Waals surface area (Å²) in [5.41, 5.74) is 1.39. The first-order valence-electron chi connectivity index (χ1n) is 9.82. The van der Waals surface area contributed by atoms with E-state index in [-0.39, 0.29) is 0 Å². The topological polar surface area (TPSA) is 23.6 Å². The second-order valence-electron chi connectivity index (χ2n) is 7.49. The third-order valence-electron chi connectivity index (χ3n) is 5.84. The molecule has 2 heterocycles. The van der Waals surface area contributed by atoms with Gasteiger partial charge in [-0.2, -0.15) is 0 Å². The fourth-order valence-corrected chi connectivity index (χ4v) is 4.50. The number of amides is 1. The Hall–Kier alpha value is -1.87. The van der Waals surface area contributed by atoms with Gasteiger partial charge in [-0.25, -0.2) is 0 Å². The van der Waals surface area contributed by atoms with Crippen molar-refractivity contribution in [1.82, 2.24) is 9.80 Å². The van der Waals surface area contributed by atoms with Crippen LogP contribution < -0.4 is 0 Å². The Morgan fingerprint density at radius 2 is 1.64 bits per heavy atom. The Kier molecular flexibility index (Phi) is 5.02. The summed E-state index contributed by atoms with van der Waals surface area (Å²) in [5.74, 6) is 0.328. The van der Waals surface area contributed by atoms with Gasteiger partial charge in [0.25, 0.3) is 0 Å². The summed E-state index contributed by atoms with van der Waals surface area (Å²) < 4.78 is 0. The van der Waals surface area contributed by atoms with Gasteiger partial charge < -0.3 is 4.90 Å². The maximum Gasteiger partial charge on any atom is 0.236 e. The number of hydrogen-bond donors (Lipinski definition) is 0. The number of carbonyl (C=O) groups is 1. The van der Waals surface area contributed by atoms with Crippen molar-refractivity contribution < 1.29 is 4.79 Å². The minimum Gasteiger partial charge on any atom is -0.342 e. The number of carbonyl (C=O) groups excluding carboxylic acids is 1. The number of nitrogens with zero attached hydrogens (tertiary/aromatic N) is 2. The van der Waals surface area contributed by atoms with Gasteiger partial charge in [-0.3, -0.25) is 9.69 Å². The average Bonchev–Trinajstić information content (AvgIpc) is 2.92. The van der Waals surface area contributed by atoms with Gasteiger partial charge in [0.1, 0.15) is 0 Å². The molecule has 2 aliphatic rings. The smallest absolute Gasteiger partial charge is 0.236 e. The molecule has 25 heavy (non-hydrogen) atoms. The number of hydrogen-bond acceptors (Lipinski definition) is 2. The first-order valence-corrected chi connectivity index (χ1v) is 9.82. The van der Waals surface area contributed by atoms with E-state index >= 15 is 0 Å². The molecule has 1 unspecified atom stereocenters. The van der Waals surface area contributed by atoms with E-state index in [1.165, 1.54) is 48.4 Å². The van der Waals surface area contributed by atoms with Gasteiger partial charge in [0.05, 0.1) is 6.54 Å². The molecular formula is C22H28N2O. The molecule has 0 aromatic heterocycles. The summed E-state index contributed by atoms with van der Waals surface area (Å²) >= 11 is 0. The standard InChI is InChI=1S/C22H28N2O/c25-22(23-14-5-1-2-6-15-23)17-24-16-8-13-21(24)20-12-7-10-18-9-3-4-11-19(18)20/h3-4,7,9-12,21H,1-2,5-6,8,13-17H2. The lowest BCUT2D eigenvalue weighted by Gasteiger charge is -2.28. The number of likely N-dealkylation sites (tertiary alicyclic amines) is 2. The highest BCUT2D eigenvalue weighted by atomic mass is 16.2. The van der Waals surface area contributed by atoms with Crippen LogP contribution in [0.2, 0.25) is 0 Å². The van der Waals surface area contributed by atoms with Gasteiger partial charge in [0, 0.05) is 19.1 Å². The minimum atomic E-state index is 0.328. The highest BCUT2D eigenvalue weighted by Gasteiger charge is 2.30. The Bertz CT molecular complexity index is 728. The third-order valence-corrected chi connectivity index (χ3v) is 5.84. The van der Waals surface area contributed by atoms with Crippen molar-refractivity contribution in [3.63, 3.8) is 0 Å². The van der Waals surface area contributed by atoms with Gasteiger partial charge in [-0.15, -0.1) is 0 Å². The van der Waals surface area contributed by atoms with Crippen LogP contribution >= 0.6 is 0 Å². The zero-order chi connectivity index (χ0) is 17.1. The lowest BCUT2D eigenvalue weighted by atomic mass is 9.97. The molecule has 0 saturated carbocycles. The normalized spacial score (nSPS) is 22.2. The van der Waals surface area contributed by atoms with Crippen LogP contribution in [0.25, 0.3) is 10.8 Å². The lowest BCUT2D eigenvalue weighted by molar-refractivity contribution is -0.132. The summed E-state index contributed by atoms with van der Waals surface area (Å²) in [6.07, 6.45) is 7.21. The van der Waals surface area contributed by atoms with Gasteiger partial charge in [-0.1, -0.05) is 55.3 Å². The van der Waals surface area contributed by atoms with Crippen LogP contribution in [-0.2, 0) is 4.79 Å². The zero-order valence-corrected chi connectivity index (χ0v) is 15.0. The van der Waals surface area contributed by atoms with Gasteiger partial charge in [0.15, 0.2) is 0 Å². The summed E-state index contributed by atoms with van der Waals surface area (Å²) in [4.78, 5) is 17.3. The van der Waals surface area contributed by atoms with Crippen molar-refractivity contribution in [2.75, 3.05) is 26.2 Å². The molecule has 0 radical (unpaired) electrons. The minimum absolute atomic E-state index is 0.328. The summed E-state index contributed by atoms with van der Waals surface area (Å²) in [5, 5.41) is 2.63. The van der Waals surface area contributed by atoms with Gasteiger partial charge in [0.2, 0.25) is 5.91 Å². The Morgan fingerprint density at radius 1 is 0.880 bits per heavy atom. The van der Waals surface area contributed by atoms with Crippen molar-refractivity contribution in [2.24, 2.45) is 0 Å². The molecule has 132 valence electrons. The molecule has 2 aliphatic heterocycles. The summed E-state index contributed by atoms with van der Waals surface area (Å²) in [6, 6.07) is 15.6. The first kappa shape index (κ1) is 16.6. The predicted octanol–water partition coefficient (Wildman–Crippen LogP) is 4.38. The molecule has 1 atom stereocenters. The fraction of sp³-hybridized carbons (Fsp3) is 0.500. The van der Waals surface area contributed by atoms with E-state index in [1.54, 1.807) is 0 Å². The van der Waals surface area contributed by atoms with Gasteiger partial charge in [-0.05, 0) is 48.6 Å². The SMILES string of the molecule is O=C(CN1CCCC1c1cccc2ccccc12)N1CCCCCC1. The lowest BCUT2D eigenvalue weighted by Crippen LogP contribution is -2.40. The largest absolute Gasteiger partial charge is 0.342 e. The molecule has 2 fully saturated rings. The second kappa shape index (κ2) is 7.57. The molecule has 3 heteroatoms. The highest BCUT2D eigenvalue weighted by Crippen LogP contribution is 2.35. The van der Waals surface area contributed by atoms with Crippen LogP contribution in [0.1, 0.15) is 50.1 Å². The molecule has 2 aromatic carbocycles. The second-order valence-corrected chi connectivity index (χ2v) is 7.49. The number of benzene rings is 2. The number of rotatable bonds is 3. The molecular weight excluding hydrogens is 308 g/mol. The van der Waals surface area contributed by atoms with Crippen molar-refractivity contribution in [3.05, 3.63) is 48.0 Å². The maximum atomic E-state index is 12.8.